The standard InChI is InChI=1S/C7H13ClN2O/c1-5(8)7(11)10-6-2-3-9-4-6/h5-6,9H,2-4H2,1H3,(H,10,11). The fourth-order valence-electron chi connectivity index (χ4n) is 1.09. The van der Waals surface area contributed by atoms with E-state index in [2.05, 4.69) is 10.6 Å². The van der Waals surface area contributed by atoms with Crippen LogP contribution in [0.25, 0.3) is 0 Å². The maximum atomic E-state index is 11.0. The molecule has 2 unspecified atom stereocenters. The van der Waals surface area contributed by atoms with Crippen molar-refractivity contribution in [3.63, 3.8) is 0 Å². The molecule has 0 aliphatic carbocycles. The van der Waals surface area contributed by atoms with Crippen molar-refractivity contribution in [1.29, 1.82) is 0 Å². The van der Waals surface area contributed by atoms with E-state index in [1.807, 2.05) is 0 Å². The summed E-state index contributed by atoms with van der Waals surface area (Å²) < 4.78 is 0. The van der Waals surface area contributed by atoms with E-state index >= 15 is 0 Å². The van der Waals surface area contributed by atoms with Crippen molar-refractivity contribution in [3.05, 3.63) is 0 Å². The van der Waals surface area contributed by atoms with Gasteiger partial charge in [-0.1, -0.05) is 0 Å². The van der Waals surface area contributed by atoms with Gasteiger partial charge in [-0.3, -0.25) is 4.79 Å². The number of carbonyl (C=O) groups excluding carboxylic acids is 1. The number of rotatable bonds is 2. The van der Waals surface area contributed by atoms with Crippen LogP contribution >= 0.6 is 11.6 Å². The third-order valence-corrected chi connectivity index (χ3v) is 1.97. The Morgan fingerprint density at radius 1 is 1.82 bits per heavy atom. The third kappa shape index (κ3) is 2.67. The Bertz CT molecular complexity index is 143. The molecule has 1 saturated heterocycles. The monoisotopic (exact) mass is 176 g/mol. The van der Waals surface area contributed by atoms with E-state index < -0.39 is 5.38 Å². The predicted molar refractivity (Wildman–Crippen MR) is 44.7 cm³/mol. The van der Waals surface area contributed by atoms with Crippen molar-refractivity contribution < 1.29 is 4.79 Å². The second-order valence-corrected chi connectivity index (χ2v) is 3.47. The van der Waals surface area contributed by atoms with Gasteiger partial charge in [-0.2, -0.15) is 0 Å². The Labute approximate surface area is 71.5 Å². The van der Waals surface area contributed by atoms with Gasteiger partial charge in [0.1, 0.15) is 5.38 Å². The highest BCUT2D eigenvalue weighted by atomic mass is 35.5. The van der Waals surface area contributed by atoms with Crippen LogP contribution in [-0.2, 0) is 4.79 Å². The topological polar surface area (TPSA) is 41.1 Å². The van der Waals surface area contributed by atoms with Crippen LogP contribution in [0.15, 0.2) is 0 Å². The summed E-state index contributed by atoms with van der Waals surface area (Å²) in [6.07, 6.45) is 1.01. The molecule has 3 nitrogen and oxygen atoms in total. The molecule has 1 aliphatic heterocycles. The summed E-state index contributed by atoms with van der Waals surface area (Å²) in [5.41, 5.74) is 0. The zero-order valence-corrected chi connectivity index (χ0v) is 7.32. The van der Waals surface area contributed by atoms with Crippen molar-refractivity contribution in [1.82, 2.24) is 10.6 Å². The number of hydrogen-bond donors (Lipinski definition) is 2. The fourth-order valence-corrected chi connectivity index (χ4v) is 1.16. The first kappa shape index (κ1) is 8.81. The molecule has 1 rings (SSSR count). The summed E-state index contributed by atoms with van der Waals surface area (Å²) >= 11 is 5.57. The van der Waals surface area contributed by atoms with Crippen LogP contribution in [0.3, 0.4) is 0 Å². The van der Waals surface area contributed by atoms with Crippen LogP contribution in [-0.4, -0.2) is 30.4 Å². The minimum Gasteiger partial charge on any atom is -0.351 e. The summed E-state index contributed by atoms with van der Waals surface area (Å²) in [4.78, 5) is 11.0. The number of amides is 1. The molecule has 1 heterocycles. The maximum absolute atomic E-state index is 11.0. The second-order valence-electron chi connectivity index (χ2n) is 2.81. The van der Waals surface area contributed by atoms with Gasteiger partial charge in [0.25, 0.3) is 0 Å². The molecule has 0 aromatic carbocycles. The molecule has 1 fully saturated rings. The molecule has 1 amide bonds. The molecule has 0 radical (unpaired) electrons. The molecule has 0 spiro atoms. The van der Waals surface area contributed by atoms with Gasteiger partial charge >= 0.3 is 0 Å². The van der Waals surface area contributed by atoms with E-state index in [1.54, 1.807) is 6.92 Å². The molecule has 11 heavy (non-hydrogen) atoms. The normalized spacial score (nSPS) is 26.5. The van der Waals surface area contributed by atoms with Gasteiger partial charge in [0.05, 0.1) is 0 Å². The Balaban J connectivity index is 2.24. The maximum Gasteiger partial charge on any atom is 0.238 e. The van der Waals surface area contributed by atoms with Gasteiger partial charge in [0.2, 0.25) is 5.91 Å². The molecular weight excluding hydrogens is 164 g/mol. The lowest BCUT2D eigenvalue weighted by Gasteiger charge is -2.11. The summed E-state index contributed by atoms with van der Waals surface area (Å²) in [5.74, 6) is -0.0691. The van der Waals surface area contributed by atoms with E-state index in [4.69, 9.17) is 11.6 Å². The molecular formula is C7H13ClN2O. The molecule has 0 saturated carbocycles. The van der Waals surface area contributed by atoms with Crippen molar-refractivity contribution in [2.24, 2.45) is 0 Å². The van der Waals surface area contributed by atoms with E-state index in [9.17, 15) is 4.79 Å². The Kier molecular flexibility index (Phi) is 3.15. The summed E-state index contributed by atoms with van der Waals surface area (Å²) in [7, 11) is 0. The number of carbonyl (C=O) groups is 1. The van der Waals surface area contributed by atoms with Crippen LogP contribution in [0.4, 0.5) is 0 Å². The lowest BCUT2D eigenvalue weighted by molar-refractivity contribution is -0.121. The van der Waals surface area contributed by atoms with Crippen LogP contribution in [0, 0.1) is 0 Å². The summed E-state index contributed by atoms with van der Waals surface area (Å²) in [6, 6.07) is 0.281. The molecule has 2 atom stereocenters. The van der Waals surface area contributed by atoms with Crippen molar-refractivity contribution in [2.75, 3.05) is 13.1 Å². The largest absolute Gasteiger partial charge is 0.351 e. The number of halogens is 1. The SMILES string of the molecule is CC(Cl)C(=O)NC1CCNC1. The van der Waals surface area contributed by atoms with E-state index in [-0.39, 0.29) is 11.9 Å². The van der Waals surface area contributed by atoms with Crippen molar-refractivity contribution in [3.8, 4) is 0 Å². The molecule has 4 heteroatoms. The summed E-state index contributed by atoms with van der Waals surface area (Å²) in [6.45, 7) is 3.54. The average molecular weight is 177 g/mol. The molecule has 0 aromatic rings. The highest BCUT2D eigenvalue weighted by Gasteiger charge is 2.18. The van der Waals surface area contributed by atoms with Crippen molar-refractivity contribution in [2.45, 2.75) is 24.8 Å². The molecule has 0 bridgehead atoms. The van der Waals surface area contributed by atoms with Crippen LogP contribution < -0.4 is 10.6 Å². The minimum absolute atomic E-state index is 0.0691. The zero-order chi connectivity index (χ0) is 8.27. The van der Waals surface area contributed by atoms with Gasteiger partial charge in [0, 0.05) is 12.6 Å². The van der Waals surface area contributed by atoms with E-state index in [0.29, 0.717) is 0 Å². The first-order valence-corrected chi connectivity index (χ1v) is 4.29. The van der Waals surface area contributed by atoms with Crippen molar-refractivity contribution >= 4 is 17.5 Å². The first-order valence-electron chi connectivity index (χ1n) is 3.85. The molecule has 0 aromatic heterocycles. The molecule has 64 valence electrons. The van der Waals surface area contributed by atoms with Crippen LogP contribution in [0.1, 0.15) is 13.3 Å². The average Bonchev–Trinajstić information content (AvgIpc) is 2.39. The lowest BCUT2D eigenvalue weighted by Crippen LogP contribution is -2.39. The Morgan fingerprint density at radius 2 is 2.55 bits per heavy atom. The minimum atomic E-state index is -0.421. The molecule has 2 N–H and O–H groups in total. The molecule has 1 aliphatic rings. The second kappa shape index (κ2) is 3.93. The predicted octanol–water partition coefficient (Wildman–Crippen LogP) is 0.0918. The van der Waals surface area contributed by atoms with E-state index in [0.717, 1.165) is 19.5 Å². The van der Waals surface area contributed by atoms with E-state index in [1.165, 1.54) is 0 Å². The fraction of sp³-hybridized carbons (Fsp3) is 0.857. The highest BCUT2D eigenvalue weighted by molar-refractivity contribution is 6.30. The number of hydrogen-bond acceptors (Lipinski definition) is 2. The Morgan fingerprint density at radius 3 is 3.00 bits per heavy atom. The van der Waals surface area contributed by atoms with Gasteiger partial charge in [-0.05, 0) is 19.9 Å². The summed E-state index contributed by atoms with van der Waals surface area (Å²) in [5, 5.41) is 5.58. The Hall–Kier alpha value is -0.280. The number of nitrogens with one attached hydrogen (secondary N) is 2. The lowest BCUT2D eigenvalue weighted by atomic mass is 10.2. The van der Waals surface area contributed by atoms with Crippen LogP contribution in [0.2, 0.25) is 0 Å². The van der Waals surface area contributed by atoms with Gasteiger partial charge in [-0.15, -0.1) is 11.6 Å². The van der Waals surface area contributed by atoms with Gasteiger partial charge in [-0.25, -0.2) is 0 Å². The number of alkyl halides is 1. The zero-order valence-electron chi connectivity index (χ0n) is 6.56. The quantitative estimate of drug-likeness (QED) is 0.586. The van der Waals surface area contributed by atoms with Crippen LogP contribution in [0.5, 0.6) is 0 Å². The smallest absolute Gasteiger partial charge is 0.238 e. The highest BCUT2D eigenvalue weighted by Crippen LogP contribution is 1.99. The van der Waals surface area contributed by atoms with Gasteiger partial charge < -0.3 is 10.6 Å². The third-order valence-electron chi connectivity index (χ3n) is 1.77. The van der Waals surface area contributed by atoms with Gasteiger partial charge in [0.15, 0.2) is 0 Å². The first-order chi connectivity index (χ1) is 5.20.